The van der Waals surface area contributed by atoms with Gasteiger partial charge in [-0.25, -0.2) is 0 Å². The Kier molecular flexibility index (Phi) is 11.2. The molecule has 0 aliphatic heterocycles. The van der Waals surface area contributed by atoms with E-state index < -0.39 is 39.9 Å². The monoisotopic (exact) mass is 718 g/mol. The molecule has 0 N–H and O–H groups in total. The number of nitrogens with zero attached hydrogens (tertiary/aromatic N) is 2. The molecular formula is C37H30Cl2F6N2O2. The lowest BCUT2D eigenvalue weighted by Crippen LogP contribution is -2.54. The predicted octanol–water partition coefficient (Wildman–Crippen LogP) is 12.1. The van der Waals surface area contributed by atoms with E-state index in [1.807, 2.05) is 19.9 Å². The van der Waals surface area contributed by atoms with E-state index in [1.54, 1.807) is 31.2 Å². The highest BCUT2D eigenvalue weighted by Gasteiger charge is 2.72. The number of rotatable bonds is 11. The minimum atomic E-state index is -5.82. The van der Waals surface area contributed by atoms with E-state index in [0.717, 1.165) is 36.4 Å². The van der Waals surface area contributed by atoms with Gasteiger partial charge >= 0.3 is 12.4 Å². The van der Waals surface area contributed by atoms with Crippen LogP contribution in [0.4, 0.5) is 26.3 Å². The summed E-state index contributed by atoms with van der Waals surface area (Å²) in [4.78, 5) is -0.875. The summed E-state index contributed by atoms with van der Waals surface area (Å²) in [5.74, 6) is -0.0433. The van der Waals surface area contributed by atoms with E-state index in [4.69, 9.17) is 32.7 Å². The zero-order valence-corrected chi connectivity index (χ0v) is 28.0. The first-order valence-electron chi connectivity index (χ1n) is 15.2. The topological polar surface area (TPSA) is 66.0 Å². The molecule has 49 heavy (non-hydrogen) atoms. The molecule has 1 unspecified atom stereocenters. The highest BCUT2D eigenvalue weighted by atomic mass is 35.5. The molecule has 4 aromatic carbocycles. The second-order valence-corrected chi connectivity index (χ2v) is 12.3. The summed E-state index contributed by atoms with van der Waals surface area (Å²) in [7, 11) is 0. The van der Waals surface area contributed by atoms with Gasteiger partial charge in [0.15, 0.2) is 0 Å². The molecule has 0 aliphatic rings. The molecule has 0 saturated heterocycles. The number of nitriles is 2. The normalized spacial score (nSPS) is 12.9. The van der Waals surface area contributed by atoms with Crippen LogP contribution in [0.5, 0.6) is 17.2 Å². The highest BCUT2D eigenvalue weighted by Crippen LogP contribution is 2.56. The van der Waals surface area contributed by atoms with Gasteiger partial charge in [0.25, 0.3) is 0 Å². The molecule has 0 bridgehead atoms. The lowest BCUT2D eigenvalue weighted by Gasteiger charge is -2.38. The Balaban J connectivity index is 1.73. The molecule has 12 heteroatoms. The van der Waals surface area contributed by atoms with Crippen molar-refractivity contribution in [3.05, 3.63) is 123 Å². The molecule has 4 nitrogen and oxygen atoms in total. The summed E-state index contributed by atoms with van der Waals surface area (Å²) in [5.41, 5.74) is -5.41. The van der Waals surface area contributed by atoms with Crippen LogP contribution in [-0.2, 0) is 10.3 Å². The summed E-state index contributed by atoms with van der Waals surface area (Å²) in [6.07, 6.45) is -11.1. The first-order valence-corrected chi connectivity index (χ1v) is 16.0. The van der Waals surface area contributed by atoms with Crippen molar-refractivity contribution < 1.29 is 35.8 Å². The van der Waals surface area contributed by atoms with Gasteiger partial charge in [-0.1, -0.05) is 80.9 Å². The smallest absolute Gasteiger partial charge is 0.411 e. The average molecular weight is 720 g/mol. The second-order valence-electron chi connectivity index (χ2n) is 11.2. The van der Waals surface area contributed by atoms with Crippen LogP contribution in [0, 0.1) is 22.7 Å². The maximum Gasteiger partial charge on any atom is 0.411 e. The molecule has 0 radical (unpaired) electrons. The van der Waals surface area contributed by atoms with Crippen molar-refractivity contribution in [2.24, 2.45) is 0 Å². The third-order valence-corrected chi connectivity index (χ3v) is 9.60. The predicted molar refractivity (Wildman–Crippen MR) is 175 cm³/mol. The summed E-state index contributed by atoms with van der Waals surface area (Å²) < 4.78 is 101. The van der Waals surface area contributed by atoms with Crippen LogP contribution in [0.3, 0.4) is 0 Å². The fourth-order valence-corrected chi connectivity index (χ4v) is 6.24. The number of hydrogen-bond donors (Lipinski definition) is 0. The first-order chi connectivity index (χ1) is 23.1. The lowest BCUT2D eigenvalue weighted by molar-refractivity contribution is -0.288. The zero-order valence-electron chi connectivity index (χ0n) is 26.5. The van der Waals surface area contributed by atoms with Gasteiger partial charge in [0.05, 0.1) is 21.0 Å². The van der Waals surface area contributed by atoms with Crippen LogP contribution >= 0.6 is 23.2 Å². The molecule has 0 heterocycles. The lowest BCUT2D eigenvalue weighted by atomic mass is 9.73. The Hall–Kier alpha value is -4.38. The van der Waals surface area contributed by atoms with Crippen LogP contribution in [-0.4, -0.2) is 12.4 Å². The summed E-state index contributed by atoms with van der Waals surface area (Å²) in [6, 6.07) is 20.4. The molecule has 0 saturated carbocycles. The van der Waals surface area contributed by atoms with Gasteiger partial charge in [-0.3, -0.25) is 0 Å². The van der Waals surface area contributed by atoms with Crippen LogP contribution in [0.15, 0.2) is 84.9 Å². The molecule has 1 atom stereocenters. The van der Waals surface area contributed by atoms with Crippen molar-refractivity contribution in [1.82, 2.24) is 0 Å². The molecule has 4 rings (SSSR count). The Labute approximate surface area is 290 Å². The summed E-state index contributed by atoms with van der Waals surface area (Å²) >= 11 is 12.9. The molecule has 4 aromatic rings. The first kappa shape index (κ1) is 37.4. The number of alkyl halides is 7. The average Bonchev–Trinajstić information content (AvgIpc) is 3.07. The van der Waals surface area contributed by atoms with Gasteiger partial charge in [-0.05, 0) is 72.4 Å². The minimum absolute atomic E-state index is 0.0101. The number of benzene rings is 4. The van der Waals surface area contributed by atoms with Gasteiger partial charge in [0.2, 0.25) is 5.41 Å². The standard InChI is InChI=1S/C37H30Cl2F6N2O2/c1-4-32(27-9-7-11-31(38)28(27)21-46)48-25-17-13-23(14-18-25)35(36(40,41)42,37(43,44)45)24-15-19-26(20-16-24)49-33-12-8-10-30(29(33)22-47)34(39,5-2)6-3/h7-20,32H,4-6H2,1-3H3. The van der Waals surface area contributed by atoms with Gasteiger partial charge < -0.3 is 9.47 Å². The van der Waals surface area contributed by atoms with Crippen molar-refractivity contribution in [2.75, 3.05) is 0 Å². The van der Waals surface area contributed by atoms with E-state index in [1.165, 1.54) is 12.1 Å². The molecule has 256 valence electrons. The number of hydrogen-bond acceptors (Lipinski definition) is 4. The van der Waals surface area contributed by atoms with Crippen molar-refractivity contribution in [2.45, 2.75) is 68.8 Å². The van der Waals surface area contributed by atoms with E-state index in [0.29, 0.717) is 42.5 Å². The number of halogens is 8. The maximum atomic E-state index is 14.8. The van der Waals surface area contributed by atoms with Gasteiger partial charge in [0, 0.05) is 5.56 Å². The van der Waals surface area contributed by atoms with Gasteiger partial charge in [-0.2, -0.15) is 36.9 Å². The molecule has 0 fully saturated rings. The summed E-state index contributed by atoms with van der Waals surface area (Å²) in [6.45, 7) is 5.45. The SMILES string of the molecule is CCC(Oc1ccc(C(c2ccc(Oc3cccc(C(Cl)(CC)CC)c3C#N)cc2)(C(F)(F)F)C(F)(F)F)cc1)c1cccc(Cl)c1C#N. The van der Waals surface area contributed by atoms with Crippen LogP contribution < -0.4 is 9.47 Å². The third-order valence-electron chi connectivity index (χ3n) is 8.55. The summed E-state index contributed by atoms with van der Waals surface area (Å²) in [5, 5.41) is 19.6. The highest BCUT2D eigenvalue weighted by molar-refractivity contribution is 6.31. The van der Waals surface area contributed by atoms with Gasteiger partial charge in [-0.15, -0.1) is 11.6 Å². The van der Waals surface area contributed by atoms with E-state index >= 15 is 0 Å². The molecule has 0 aromatic heterocycles. The van der Waals surface area contributed by atoms with Crippen LogP contribution in [0.25, 0.3) is 0 Å². The van der Waals surface area contributed by atoms with E-state index in [-0.39, 0.29) is 33.4 Å². The molecular weight excluding hydrogens is 689 g/mol. The Morgan fingerprint density at radius 3 is 1.67 bits per heavy atom. The van der Waals surface area contributed by atoms with Crippen LogP contribution in [0.2, 0.25) is 5.02 Å². The quantitative estimate of drug-likeness (QED) is 0.114. The molecule has 0 amide bonds. The van der Waals surface area contributed by atoms with Crippen molar-refractivity contribution in [1.29, 1.82) is 10.5 Å². The van der Waals surface area contributed by atoms with E-state index in [2.05, 4.69) is 6.07 Å². The number of ether oxygens (including phenoxy) is 2. The van der Waals surface area contributed by atoms with E-state index in [9.17, 15) is 36.9 Å². The fourth-order valence-electron chi connectivity index (χ4n) is 5.86. The Morgan fingerprint density at radius 2 is 1.20 bits per heavy atom. The van der Waals surface area contributed by atoms with Crippen molar-refractivity contribution >= 4 is 23.2 Å². The van der Waals surface area contributed by atoms with Crippen LogP contribution in [0.1, 0.15) is 79.5 Å². The Morgan fingerprint density at radius 1 is 0.694 bits per heavy atom. The maximum absolute atomic E-state index is 14.8. The van der Waals surface area contributed by atoms with Crippen molar-refractivity contribution in [3.8, 4) is 29.4 Å². The van der Waals surface area contributed by atoms with Gasteiger partial charge in [0.1, 0.15) is 35.5 Å². The zero-order chi connectivity index (χ0) is 36.2. The second kappa shape index (κ2) is 14.6. The minimum Gasteiger partial charge on any atom is -0.486 e. The molecule has 0 spiro atoms. The Bertz CT molecular complexity index is 1840. The van der Waals surface area contributed by atoms with Crippen molar-refractivity contribution in [3.63, 3.8) is 0 Å². The third kappa shape index (κ3) is 7.04. The largest absolute Gasteiger partial charge is 0.486 e. The molecule has 0 aliphatic carbocycles. The fraction of sp³-hybridized carbons (Fsp3) is 0.297.